The summed E-state index contributed by atoms with van der Waals surface area (Å²) >= 11 is 5.71. The normalized spacial score (nSPS) is 13.8. The van der Waals surface area contributed by atoms with Gasteiger partial charge in [0.2, 0.25) is 0 Å². The maximum Gasteiger partial charge on any atom is 0.0443 e. The molecule has 0 aliphatic heterocycles. The molecule has 0 fully saturated rings. The first-order chi connectivity index (χ1) is 7.11. The Kier molecular flexibility index (Phi) is 9.57. The number of alkyl halides is 1. The van der Waals surface area contributed by atoms with E-state index < -0.39 is 0 Å². The molecule has 0 aromatic rings. The summed E-state index contributed by atoms with van der Waals surface area (Å²) in [5.41, 5.74) is 0. The first kappa shape index (κ1) is 15.2. The SMILES string of the molecule is CC(CCCl)CCN(CCCO)C(C)C. The highest BCUT2D eigenvalue weighted by Crippen LogP contribution is 2.11. The van der Waals surface area contributed by atoms with Crippen LogP contribution in [0.1, 0.15) is 40.0 Å². The molecule has 92 valence electrons. The van der Waals surface area contributed by atoms with Gasteiger partial charge in [-0.25, -0.2) is 0 Å². The second kappa shape index (κ2) is 9.44. The van der Waals surface area contributed by atoms with Gasteiger partial charge in [0.1, 0.15) is 0 Å². The van der Waals surface area contributed by atoms with Crippen molar-refractivity contribution in [2.24, 2.45) is 5.92 Å². The van der Waals surface area contributed by atoms with Crippen LogP contribution in [0.3, 0.4) is 0 Å². The van der Waals surface area contributed by atoms with Crippen LogP contribution in [0.2, 0.25) is 0 Å². The molecule has 1 N–H and O–H groups in total. The van der Waals surface area contributed by atoms with Crippen LogP contribution in [-0.2, 0) is 0 Å². The van der Waals surface area contributed by atoms with Gasteiger partial charge in [-0.3, -0.25) is 0 Å². The van der Waals surface area contributed by atoms with Gasteiger partial charge in [-0.2, -0.15) is 0 Å². The van der Waals surface area contributed by atoms with Crippen LogP contribution in [-0.4, -0.2) is 41.6 Å². The Morgan fingerprint density at radius 3 is 2.27 bits per heavy atom. The molecule has 3 heteroatoms. The van der Waals surface area contributed by atoms with E-state index in [-0.39, 0.29) is 0 Å². The van der Waals surface area contributed by atoms with Crippen molar-refractivity contribution in [3.8, 4) is 0 Å². The van der Waals surface area contributed by atoms with E-state index in [1.54, 1.807) is 0 Å². The monoisotopic (exact) mass is 235 g/mol. The lowest BCUT2D eigenvalue weighted by Gasteiger charge is -2.27. The van der Waals surface area contributed by atoms with Crippen LogP contribution in [0.15, 0.2) is 0 Å². The van der Waals surface area contributed by atoms with Gasteiger partial charge in [0.15, 0.2) is 0 Å². The summed E-state index contributed by atoms with van der Waals surface area (Å²) in [5.74, 6) is 1.47. The predicted molar refractivity (Wildman–Crippen MR) is 67.5 cm³/mol. The molecule has 1 unspecified atom stereocenters. The third kappa shape index (κ3) is 8.06. The number of hydrogen-bond acceptors (Lipinski definition) is 2. The zero-order valence-corrected chi connectivity index (χ0v) is 11.1. The van der Waals surface area contributed by atoms with Crippen LogP contribution < -0.4 is 0 Å². The van der Waals surface area contributed by atoms with Crippen LogP contribution >= 0.6 is 11.6 Å². The average Bonchev–Trinajstić information content (AvgIpc) is 2.17. The zero-order valence-electron chi connectivity index (χ0n) is 10.4. The molecule has 1 atom stereocenters. The number of aliphatic hydroxyl groups is 1. The van der Waals surface area contributed by atoms with Gasteiger partial charge in [-0.15, -0.1) is 11.6 Å². The van der Waals surface area contributed by atoms with Crippen molar-refractivity contribution >= 4 is 11.6 Å². The van der Waals surface area contributed by atoms with E-state index in [1.165, 1.54) is 6.42 Å². The van der Waals surface area contributed by atoms with Gasteiger partial charge >= 0.3 is 0 Å². The third-order valence-corrected chi connectivity index (χ3v) is 3.06. The molecule has 0 bridgehead atoms. The molecule has 0 spiro atoms. The molecule has 0 aromatic heterocycles. The molecule has 0 aliphatic rings. The van der Waals surface area contributed by atoms with Gasteiger partial charge < -0.3 is 10.0 Å². The molecule has 0 rings (SSSR count). The van der Waals surface area contributed by atoms with E-state index in [1.807, 2.05) is 0 Å². The number of halogens is 1. The first-order valence-electron chi connectivity index (χ1n) is 6.02. The van der Waals surface area contributed by atoms with Crippen molar-refractivity contribution in [3.05, 3.63) is 0 Å². The molecule has 2 nitrogen and oxygen atoms in total. The molecule has 0 amide bonds. The molecular weight excluding hydrogens is 210 g/mol. The summed E-state index contributed by atoms with van der Waals surface area (Å²) in [6, 6.07) is 0.569. The zero-order chi connectivity index (χ0) is 11.7. The molecular formula is C12H26ClNO. The molecule has 0 heterocycles. The van der Waals surface area contributed by atoms with Crippen LogP contribution in [0.4, 0.5) is 0 Å². The highest BCUT2D eigenvalue weighted by atomic mass is 35.5. The number of rotatable bonds is 9. The van der Waals surface area contributed by atoms with E-state index >= 15 is 0 Å². The lowest BCUT2D eigenvalue weighted by atomic mass is 10.0. The van der Waals surface area contributed by atoms with Crippen LogP contribution in [0.5, 0.6) is 0 Å². The average molecular weight is 236 g/mol. The van der Waals surface area contributed by atoms with Crippen molar-refractivity contribution in [2.45, 2.75) is 46.1 Å². The van der Waals surface area contributed by atoms with E-state index in [9.17, 15) is 0 Å². The van der Waals surface area contributed by atoms with E-state index in [4.69, 9.17) is 16.7 Å². The van der Waals surface area contributed by atoms with E-state index in [0.29, 0.717) is 18.6 Å². The summed E-state index contributed by atoms with van der Waals surface area (Å²) < 4.78 is 0. The second-order valence-corrected chi connectivity index (χ2v) is 4.96. The Hall–Kier alpha value is 0.210. The largest absolute Gasteiger partial charge is 0.396 e. The Balaban J connectivity index is 3.74. The van der Waals surface area contributed by atoms with Crippen molar-refractivity contribution in [1.29, 1.82) is 0 Å². The number of aliphatic hydroxyl groups excluding tert-OH is 1. The number of nitrogens with zero attached hydrogens (tertiary/aromatic N) is 1. The number of hydrogen-bond donors (Lipinski definition) is 1. The minimum atomic E-state index is 0.292. The smallest absolute Gasteiger partial charge is 0.0443 e. The summed E-state index contributed by atoms with van der Waals surface area (Å²) in [7, 11) is 0. The molecule has 0 aliphatic carbocycles. The quantitative estimate of drug-likeness (QED) is 0.622. The standard InChI is InChI=1S/C12H26ClNO/c1-11(2)14(8-4-10-15)9-6-12(3)5-7-13/h11-12,15H,4-10H2,1-3H3. The predicted octanol–water partition coefficient (Wildman–Crippen LogP) is 2.73. The molecule has 0 radical (unpaired) electrons. The Bertz CT molecular complexity index is 142. The third-order valence-electron chi connectivity index (χ3n) is 2.84. The fraction of sp³-hybridized carbons (Fsp3) is 1.00. The summed E-state index contributed by atoms with van der Waals surface area (Å²) in [6.45, 7) is 9.10. The highest BCUT2D eigenvalue weighted by molar-refractivity contribution is 6.17. The minimum Gasteiger partial charge on any atom is -0.396 e. The highest BCUT2D eigenvalue weighted by Gasteiger charge is 2.10. The topological polar surface area (TPSA) is 23.5 Å². The minimum absolute atomic E-state index is 0.292. The Labute approximate surface area is 99.6 Å². The van der Waals surface area contributed by atoms with Gasteiger partial charge in [-0.05, 0) is 45.6 Å². The van der Waals surface area contributed by atoms with Crippen molar-refractivity contribution in [3.63, 3.8) is 0 Å². The van der Waals surface area contributed by atoms with Gasteiger partial charge in [-0.1, -0.05) is 6.92 Å². The van der Waals surface area contributed by atoms with Crippen molar-refractivity contribution in [1.82, 2.24) is 4.90 Å². The maximum atomic E-state index is 8.81. The Morgan fingerprint density at radius 2 is 1.80 bits per heavy atom. The fourth-order valence-electron chi connectivity index (χ4n) is 1.62. The summed E-state index contributed by atoms with van der Waals surface area (Å²) in [4.78, 5) is 2.43. The summed E-state index contributed by atoms with van der Waals surface area (Å²) in [5, 5.41) is 8.81. The van der Waals surface area contributed by atoms with E-state index in [2.05, 4.69) is 25.7 Å². The molecule has 0 aromatic carbocycles. The van der Waals surface area contributed by atoms with E-state index in [0.717, 1.165) is 31.8 Å². The Morgan fingerprint density at radius 1 is 1.13 bits per heavy atom. The molecule has 15 heavy (non-hydrogen) atoms. The van der Waals surface area contributed by atoms with Crippen LogP contribution in [0, 0.1) is 5.92 Å². The molecule has 0 saturated heterocycles. The maximum absolute atomic E-state index is 8.81. The van der Waals surface area contributed by atoms with Gasteiger partial charge in [0.05, 0.1) is 0 Å². The lowest BCUT2D eigenvalue weighted by Crippen LogP contribution is -2.34. The van der Waals surface area contributed by atoms with Gasteiger partial charge in [0, 0.05) is 25.1 Å². The van der Waals surface area contributed by atoms with Crippen molar-refractivity contribution in [2.75, 3.05) is 25.6 Å². The van der Waals surface area contributed by atoms with Crippen LogP contribution in [0.25, 0.3) is 0 Å². The lowest BCUT2D eigenvalue weighted by molar-refractivity contribution is 0.182. The summed E-state index contributed by atoms with van der Waals surface area (Å²) in [6.07, 6.45) is 3.19. The fourth-order valence-corrected chi connectivity index (χ4v) is 1.99. The van der Waals surface area contributed by atoms with Crippen molar-refractivity contribution < 1.29 is 5.11 Å². The van der Waals surface area contributed by atoms with Gasteiger partial charge in [0.25, 0.3) is 0 Å². The first-order valence-corrected chi connectivity index (χ1v) is 6.56. The molecule has 0 saturated carbocycles. The second-order valence-electron chi connectivity index (χ2n) is 4.58.